The summed E-state index contributed by atoms with van der Waals surface area (Å²) in [6.45, 7) is 3.37. The van der Waals surface area contributed by atoms with Crippen LogP contribution in [0.25, 0.3) is 11.0 Å². The molecule has 1 aliphatic rings. The number of amides is 2. The topological polar surface area (TPSA) is 79.2 Å². The number of aromatic nitrogens is 4. The molecule has 1 aromatic carbocycles. The standard InChI is InChI=1S/C19H23N7O/c1-24-16-6-3-2-5-15(16)23-17(24)7-10-22-19(27)26-13-11-25(12-14-26)18-20-8-4-9-21-18/h2-6,8-9H,7,10-14H2,1H3,(H,22,27). The highest BCUT2D eigenvalue weighted by Gasteiger charge is 2.22. The number of nitrogens with zero attached hydrogens (tertiary/aromatic N) is 6. The number of aryl methyl sites for hydroxylation is 1. The van der Waals surface area contributed by atoms with Crippen LogP contribution in [0.4, 0.5) is 10.7 Å². The van der Waals surface area contributed by atoms with Gasteiger partial charge < -0.3 is 19.7 Å². The van der Waals surface area contributed by atoms with E-state index < -0.39 is 0 Å². The van der Waals surface area contributed by atoms with E-state index in [2.05, 4.69) is 35.8 Å². The van der Waals surface area contributed by atoms with E-state index in [1.165, 1.54) is 0 Å². The highest BCUT2D eigenvalue weighted by Crippen LogP contribution is 2.14. The summed E-state index contributed by atoms with van der Waals surface area (Å²) in [5.41, 5.74) is 2.10. The molecule has 8 heteroatoms. The summed E-state index contributed by atoms with van der Waals surface area (Å²) in [5, 5.41) is 3.01. The first-order chi connectivity index (χ1) is 13.2. The van der Waals surface area contributed by atoms with Crippen molar-refractivity contribution in [3.63, 3.8) is 0 Å². The van der Waals surface area contributed by atoms with Crippen LogP contribution in [0, 0.1) is 0 Å². The monoisotopic (exact) mass is 365 g/mol. The lowest BCUT2D eigenvalue weighted by Gasteiger charge is -2.34. The lowest BCUT2D eigenvalue weighted by Crippen LogP contribution is -2.52. The largest absolute Gasteiger partial charge is 0.338 e. The predicted octanol–water partition coefficient (Wildman–Crippen LogP) is 1.44. The van der Waals surface area contributed by atoms with Gasteiger partial charge in [0.25, 0.3) is 0 Å². The maximum Gasteiger partial charge on any atom is 0.317 e. The maximum atomic E-state index is 12.4. The molecule has 27 heavy (non-hydrogen) atoms. The van der Waals surface area contributed by atoms with Crippen LogP contribution in [0.2, 0.25) is 0 Å². The van der Waals surface area contributed by atoms with E-state index >= 15 is 0 Å². The molecular formula is C19H23N7O. The van der Waals surface area contributed by atoms with E-state index in [0.717, 1.165) is 35.9 Å². The van der Waals surface area contributed by atoms with Gasteiger partial charge in [0.05, 0.1) is 11.0 Å². The van der Waals surface area contributed by atoms with Gasteiger partial charge in [-0.2, -0.15) is 0 Å². The summed E-state index contributed by atoms with van der Waals surface area (Å²) >= 11 is 0. The summed E-state index contributed by atoms with van der Waals surface area (Å²) in [5.74, 6) is 1.70. The first kappa shape index (κ1) is 17.3. The van der Waals surface area contributed by atoms with Crippen LogP contribution in [-0.4, -0.2) is 63.2 Å². The normalized spacial score (nSPS) is 14.6. The Morgan fingerprint density at radius 2 is 1.81 bits per heavy atom. The molecule has 0 aliphatic carbocycles. The van der Waals surface area contributed by atoms with Crippen molar-refractivity contribution in [3.8, 4) is 0 Å². The molecule has 3 heterocycles. The van der Waals surface area contributed by atoms with Crippen LogP contribution < -0.4 is 10.2 Å². The van der Waals surface area contributed by atoms with Gasteiger partial charge in [0, 0.05) is 58.6 Å². The molecule has 0 unspecified atom stereocenters. The Balaban J connectivity index is 1.27. The summed E-state index contributed by atoms with van der Waals surface area (Å²) in [7, 11) is 2.01. The smallest absolute Gasteiger partial charge is 0.317 e. The Hall–Kier alpha value is -3.16. The molecular weight excluding hydrogens is 342 g/mol. The van der Waals surface area contributed by atoms with E-state index in [0.29, 0.717) is 26.1 Å². The minimum Gasteiger partial charge on any atom is -0.338 e. The van der Waals surface area contributed by atoms with Crippen molar-refractivity contribution in [2.75, 3.05) is 37.6 Å². The summed E-state index contributed by atoms with van der Waals surface area (Å²) in [6, 6.07) is 9.84. The molecule has 0 saturated carbocycles. The number of hydrogen-bond donors (Lipinski definition) is 1. The van der Waals surface area contributed by atoms with Gasteiger partial charge in [-0.25, -0.2) is 19.7 Å². The molecule has 2 amide bonds. The third-order valence-corrected chi connectivity index (χ3v) is 4.91. The van der Waals surface area contributed by atoms with Crippen molar-refractivity contribution in [2.24, 2.45) is 7.05 Å². The van der Waals surface area contributed by atoms with E-state index in [9.17, 15) is 4.79 Å². The molecule has 8 nitrogen and oxygen atoms in total. The van der Waals surface area contributed by atoms with Gasteiger partial charge >= 0.3 is 6.03 Å². The van der Waals surface area contributed by atoms with Gasteiger partial charge in [-0.1, -0.05) is 12.1 Å². The Bertz CT molecular complexity index is 916. The molecule has 140 valence electrons. The number of benzene rings is 1. The van der Waals surface area contributed by atoms with Crippen molar-refractivity contribution in [3.05, 3.63) is 48.5 Å². The van der Waals surface area contributed by atoms with Gasteiger partial charge in [0.1, 0.15) is 5.82 Å². The number of rotatable bonds is 4. The minimum atomic E-state index is -0.0256. The number of para-hydroxylation sites is 2. The summed E-state index contributed by atoms with van der Waals surface area (Å²) in [6.07, 6.45) is 4.18. The summed E-state index contributed by atoms with van der Waals surface area (Å²) in [4.78, 5) is 29.5. The molecule has 2 aromatic heterocycles. The van der Waals surface area contributed by atoms with Crippen LogP contribution >= 0.6 is 0 Å². The molecule has 1 saturated heterocycles. The van der Waals surface area contributed by atoms with E-state index in [1.54, 1.807) is 18.5 Å². The highest BCUT2D eigenvalue weighted by molar-refractivity contribution is 5.76. The zero-order chi connectivity index (χ0) is 18.6. The molecule has 0 radical (unpaired) electrons. The second-order valence-electron chi connectivity index (χ2n) is 6.58. The Kier molecular flexibility index (Phi) is 4.86. The van der Waals surface area contributed by atoms with Crippen molar-refractivity contribution in [2.45, 2.75) is 6.42 Å². The quantitative estimate of drug-likeness (QED) is 0.757. The highest BCUT2D eigenvalue weighted by atomic mass is 16.2. The third-order valence-electron chi connectivity index (χ3n) is 4.91. The fraction of sp³-hybridized carbons (Fsp3) is 0.368. The second kappa shape index (κ2) is 7.61. The molecule has 4 rings (SSSR count). The molecule has 1 aliphatic heterocycles. The first-order valence-electron chi connectivity index (χ1n) is 9.17. The van der Waals surface area contributed by atoms with Gasteiger partial charge in [0.2, 0.25) is 5.95 Å². The molecule has 0 atom stereocenters. The Morgan fingerprint density at radius 3 is 2.56 bits per heavy atom. The molecule has 1 N–H and O–H groups in total. The Labute approximate surface area is 157 Å². The number of urea groups is 1. The first-order valence-corrected chi connectivity index (χ1v) is 9.17. The second-order valence-corrected chi connectivity index (χ2v) is 6.58. The van der Waals surface area contributed by atoms with Crippen molar-refractivity contribution in [1.82, 2.24) is 29.7 Å². The summed E-state index contributed by atoms with van der Waals surface area (Å²) < 4.78 is 2.08. The minimum absolute atomic E-state index is 0.0256. The zero-order valence-electron chi connectivity index (χ0n) is 15.4. The Morgan fingerprint density at radius 1 is 1.07 bits per heavy atom. The fourth-order valence-electron chi connectivity index (χ4n) is 3.38. The number of hydrogen-bond acceptors (Lipinski definition) is 5. The number of carbonyl (C=O) groups excluding carboxylic acids is 1. The number of piperazine rings is 1. The average molecular weight is 365 g/mol. The van der Waals surface area contributed by atoms with Gasteiger partial charge in [0.15, 0.2) is 0 Å². The van der Waals surface area contributed by atoms with Crippen LogP contribution in [0.3, 0.4) is 0 Å². The lowest BCUT2D eigenvalue weighted by atomic mass is 10.3. The van der Waals surface area contributed by atoms with Crippen LogP contribution in [0.5, 0.6) is 0 Å². The third kappa shape index (κ3) is 3.69. The zero-order valence-corrected chi connectivity index (χ0v) is 15.4. The van der Waals surface area contributed by atoms with E-state index in [1.807, 2.05) is 30.1 Å². The van der Waals surface area contributed by atoms with Crippen LogP contribution in [0.1, 0.15) is 5.82 Å². The number of imidazole rings is 1. The number of fused-ring (bicyclic) bond motifs is 1. The number of nitrogens with one attached hydrogen (secondary N) is 1. The SMILES string of the molecule is Cn1c(CCNC(=O)N2CCN(c3ncccn3)CC2)nc2ccccc21. The lowest BCUT2D eigenvalue weighted by molar-refractivity contribution is 0.194. The van der Waals surface area contributed by atoms with E-state index in [-0.39, 0.29) is 6.03 Å². The molecule has 3 aromatic rings. The number of carbonyl (C=O) groups is 1. The number of anilines is 1. The van der Waals surface area contributed by atoms with Crippen LogP contribution in [-0.2, 0) is 13.5 Å². The van der Waals surface area contributed by atoms with Gasteiger partial charge in [-0.05, 0) is 18.2 Å². The van der Waals surface area contributed by atoms with Gasteiger partial charge in [-0.15, -0.1) is 0 Å². The van der Waals surface area contributed by atoms with Gasteiger partial charge in [-0.3, -0.25) is 0 Å². The van der Waals surface area contributed by atoms with E-state index in [4.69, 9.17) is 0 Å². The molecule has 1 fully saturated rings. The fourth-order valence-corrected chi connectivity index (χ4v) is 3.38. The maximum absolute atomic E-state index is 12.4. The average Bonchev–Trinajstić information content (AvgIpc) is 3.05. The van der Waals surface area contributed by atoms with Crippen LogP contribution in [0.15, 0.2) is 42.7 Å². The molecule has 0 spiro atoms. The molecule has 0 bridgehead atoms. The predicted molar refractivity (Wildman–Crippen MR) is 104 cm³/mol. The van der Waals surface area contributed by atoms with Crippen molar-refractivity contribution in [1.29, 1.82) is 0 Å². The van der Waals surface area contributed by atoms with Crippen molar-refractivity contribution >= 4 is 23.0 Å². The van der Waals surface area contributed by atoms with Crippen molar-refractivity contribution < 1.29 is 4.79 Å².